The lowest BCUT2D eigenvalue weighted by Gasteiger charge is -2.23. The summed E-state index contributed by atoms with van der Waals surface area (Å²) in [6, 6.07) is 27.9. The van der Waals surface area contributed by atoms with Gasteiger partial charge in [0.05, 0.1) is 13.5 Å². The number of hydrogen-bond acceptors (Lipinski definition) is 2. The summed E-state index contributed by atoms with van der Waals surface area (Å²) in [7, 11) is 1.64. The van der Waals surface area contributed by atoms with Crippen molar-refractivity contribution in [2.45, 2.75) is 19.5 Å². The standard InChI is InChI=1S/C23H23NO2/c1-26-22-14-12-19(13-15-22)16-23(25)24(17-20-8-4-2-5-9-20)18-21-10-6-3-7-11-21/h2-15H,16-18H2,1H3. The molecule has 0 heterocycles. The van der Waals surface area contributed by atoms with E-state index in [1.165, 1.54) is 0 Å². The topological polar surface area (TPSA) is 29.5 Å². The maximum Gasteiger partial charge on any atom is 0.227 e. The molecule has 132 valence electrons. The quantitative estimate of drug-likeness (QED) is 0.632. The second-order valence-corrected chi connectivity index (χ2v) is 6.25. The van der Waals surface area contributed by atoms with E-state index in [-0.39, 0.29) is 5.91 Å². The highest BCUT2D eigenvalue weighted by Gasteiger charge is 2.15. The van der Waals surface area contributed by atoms with E-state index < -0.39 is 0 Å². The second kappa shape index (κ2) is 8.86. The van der Waals surface area contributed by atoms with Crippen LogP contribution in [0.4, 0.5) is 0 Å². The highest BCUT2D eigenvalue weighted by Crippen LogP contribution is 2.15. The van der Waals surface area contributed by atoms with Crippen molar-refractivity contribution in [2.75, 3.05) is 7.11 Å². The molecule has 0 aliphatic heterocycles. The van der Waals surface area contributed by atoms with Gasteiger partial charge in [0, 0.05) is 13.1 Å². The smallest absolute Gasteiger partial charge is 0.227 e. The summed E-state index contributed by atoms with van der Waals surface area (Å²) in [5.74, 6) is 0.912. The van der Waals surface area contributed by atoms with Crippen LogP contribution in [0.2, 0.25) is 0 Å². The first-order valence-electron chi connectivity index (χ1n) is 8.73. The summed E-state index contributed by atoms with van der Waals surface area (Å²) in [5.41, 5.74) is 3.25. The lowest BCUT2D eigenvalue weighted by Crippen LogP contribution is -2.31. The molecule has 0 aromatic heterocycles. The molecule has 0 radical (unpaired) electrons. The summed E-state index contributed by atoms with van der Waals surface area (Å²) in [5, 5.41) is 0. The van der Waals surface area contributed by atoms with Crippen LogP contribution in [-0.4, -0.2) is 17.9 Å². The van der Waals surface area contributed by atoms with Gasteiger partial charge in [0.25, 0.3) is 0 Å². The van der Waals surface area contributed by atoms with E-state index in [4.69, 9.17) is 4.74 Å². The normalized spacial score (nSPS) is 10.3. The number of carbonyl (C=O) groups excluding carboxylic acids is 1. The molecule has 0 fully saturated rings. The summed E-state index contributed by atoms with van der Waals surface area (Å²) in [6.45, 7) is 1.20. The Morgan fingerprint density at radius 1 is 0.731 bits per heavy atom. The molecule has 0 atom stereocenters. The molecule has 0 saturated heterocycles. The number of amides is 1. The Bertz CT molecular complexity index is 772. The van der Waals surface area contributed by atoms with Crippen LogP contribution in [0.1, 0.15) is 16.7 Å². The van der Waals surface area contributed by atoms with E-state index in [0.29, 0.717) is 19.5 Å². The number of rotatable bonds is 7. The third kappa shape index (κ3) is 4.96. The van der Waals surface area contributed by atoms with E-state index >= 15 is 0 Å². The Labute approximate surface area is 154 Å². The van der Waals surface area contributed by atoms with Gasteiger partial charge in [-0.2, -0.15) is 0 Å². The van der Waals surface area contributed by atoms with Gasteiger partial charge in [0.15, 0.2) is 0 Å². The molecule has 0 bridgehead atoms. The number of carbonyl (C=O) groups is 1. The van der Waals surface area contributed by atoms with Gasteiger partial charge in [-0.05, 0) is 28.8 Å². The average molecular weight is 345 g/mol. The van der Waals surface area contributed by atoms with Gasteiger partial charge in [-0.3, -0.25) is 4.79 Å². The molecule has 0 aliphatic rings. The van der Waals surface area contributed by atoms with Crippen LogP contribution >= 0.6 is 0 Å². The molecule has 0 N–H and O–H groups in total. The van der Waals surface area contributed by atoms with E-state index in [1.54, 1.807) is 7.11 Å². The minimum Gasteiger partial charge on any atom is -0.497 e. The summed E-state index contributed by atoms with van der Waals surface area (Å²) in [6.07, 6.45) is 0.379. The zero-order valence-electron chi connectivity index (χ0n) is 15.0. The zero-order chi connectivity index (χ0) is 18.2. The van der Waals surface area contributed by atoms with Gasteiger partial charge in [0.1, 0.15) is 5.75 Å². The predicted octanol–water partition coefficient (Wildman–Crippen LogP) is 4.47. The van der Waals surface area contributed by atoms with Gasteiger partial charge in [-0.1, -0.05) is 72.8 Å². The van der Waals surface area contributed by atoms with Crippen LogP contribution in [0, 0.1) is 0 Å². The van der Waals surface area contributed by atoms with Crippen molar-refractivity contribution >= 4 is 5.91 Å². The zero-order valence-corrected chi connectivity index (χ0v) is 15.0. The molecule has 0 spiro atoms. The Morgan fingerprint density at radius 3 is 1.69 bits per heavy atom. The number of methoxy groups -OCH3 is 1. The largest absolute Gasteiger partial charge is 0.497 e. The van der Waals surface area contributed by atoms with Crippen molar-refractivity contribution in [1.82, 2.24) is 4.90 Å². The molecule has 3 aromatic rings. The van der Waals surface area contributed by atoms with Crippen LogP contribution in [0.15, 0.2) is 84.9 Å². The van der Waals surface area contributed by atoms with Crippen LogP contribution in [-0.2, 0) is 24.3 Å². The van der Waals surface area contributed by atoms with Crippen molar-refractivity contribution in [3.8, 4) is 5.75 Å². The fraction of sp³-hybridized carbons (Fsp3) is 0.174. The fourth-order valence-corrected chi connectivity index (χ4v) is 2.87. The van der Waals surface area contributed by atoms with E-state index in [1.807, 2.05) is 65.6 Å². The first kappa shape index (κ1) is 17.7. The Balaban J connectivity index is 1.75. The molecule has 3 nitrogen and oxygen atoms in total. The van der Waals surface area contributed by atoms with Crippen molar-refractivity contribution in [1.29, 1.82) is 0 Å². The minimum absolute atomic E-state index is 0.114. The molecular weight excluding hydrogens is 322 g/mol. The fourth-order valence-electron chi connectivity index (χ4n) is 2.87. The monoisotopic (exact) mass is 345 g/mol. The van der Waals surface area contributed by atoms with Crippen LogP contribution in [0.25, 0.3) is 0 Å². The predicted molar refractivity (Wildman–Crippen MR) is 104 cm³/mol. The van der Waals surface area contributed by atoms with Crippen LogP contribution in [0.5, 0.6) is 5.75 Å². The third-order valence-corrected chi connectivity index (χ3v) is 4.30. The van der Waals surface area contributed by atoms with E-state index in [0.717, 1.165) is 22.4 Å². The van der Waals surface area contributed by atoms with Crippen molar-refractivity contribution < 1.29 is 9.53 Å². The molecule has 0 saturated carbocycles. The first-order valence-corrected chi connectivity index (χ1v) is 8.73. The van der Waals surface area contributed by atoms with Gasteiger partial charge in [-0.15, -0.1) is 0 Å². The second-order valence-electron chi connectivity index (χ2n) is 6.25. The minimum atomic E-state index is 0.114. The lowest BCUT2D eigenvalue weighted by molar-refractivity contribution is -0.131. The summed E-state index contributed by atoms with van der Waals surface area (Å²) < 4.78 is 5.18. The van der Waals surface area contributed by atoms with Crippen molar-refractivity contribution in [3.05, 3.63) is 102 Å². The highest BCUT2D eigenvalue weighted by molar-refractivity contribution is 5.78. The van der Waals surface area contributed by atoms with Crippen molar-refractivity contribution in [3.63, 3.8) is 0 Å². The highest BCUT2D eigenvalue weighted by atomic mass is 16.5. The maximum atomic E-state index is 13.0. The number of hydrogen-bond donors (Lipinski definition) is 0. The molecule has 0 aliphatic carbocycles. The molecule has 3 rings (SSSR count). The Kier molecular flexibility index (Phi) is 6.05. The molecular formula is C23H23NO2. The molecule has 1 amide bonds. The van der Waals surface area contributed by atoms with Crippen LogP contribution < -0.4 is 4.74 Å². The lowest BCUT2D eigenvalue weighted by atomic mass is 10.1. The van der Waals surface area contributed by atoms with Crippen LogP contribution in [0.3, 0.4) is 0 Å². The molecule has 3 aromatic carbocycles. The number of ether oxygens (including phenoxy) is 1. The van der Waals surface area contributed by atoms with Gasteiger partial charge >= 0.3 is 0 Å². The molecule has 0 unspecified atom stereocenters. The van der Waals surface area contributed by atoms with Gasteiger partial charge in [0.2, 0.25) is 5.91 Å². The Morgan fingerprint density at radius 2 is 1.23 bits per heavy atom. The van der Waals surface area contributed by atoms with E-state index in [2.05, 4.69) is 24.3 Å². The average Bonchev–Trinajstić information content (AvgIpc) is 2.69. The number of benzene rings is 3. The molecule has 26 heavy (non-hydrogen) atoms. The Hall–Kier alpha value is -3.07. The van der Waals surface area contributed by atoms with Crippen molar-refractivity contribution in [2.24, 2.45) is 0 Å². The number of nitrogens with zero attached hydrogens (tertiary/aromatic N) is 1. The first-order chi connectivity index (χ1) is 12.7. The summed E-state index contributed by atoms with van der Waals surface area (Å²) in [4.78, 5) is 14.9. The van der Waals surface area contributed by atoms with Gasteiger partial charge < -0.3 is 9.64 Å². The third-order valence-electron chi connectivity index (χ3n) is 4.30. The maximum absolute atomic E-state index is 13.0. The SMILES string of the molecule is COc1ccc(CC(=O)N(Cc2ccccc2)Cc2ccccc2)cc1. The molecule has 3 heteroatoms. The summed E-state index contributed by atoms with van der Waals surface area (Å²) >= 11 is 0. The van der Waals surface area contributed by atoms with Gasteiger partial charge in [-0.25, -0.2) is 0 Å². The van der Waals surface area contributed by atoms with E-state index in [9.17, 15) is 4.79 Å².